The molecule has 0 saturated heterocycles. The Morgan fingerprint density at radius 2 is 1.72 bits per heavy atom. The van der Waals surface area contributed by atoms with Crippen LogP contribution in [0.3, 0.4) is 0 Å². The van der Waals surface area contributed by atoms with Gasteiger partial charge >= 0.3 is 0 Å². The Hall–Kier alpha value is -3.24. The topological polar surface area (TPSA) is 118 Å². The summed E-state index contributed by atoms with van der Waals surface area (Å²) in [5.74, 6) is 3.13. The monoisotopic (exact) mass is 456 g/mol. The standard InChI is InChI=1S/C22H28N6O3S/c1-5-31-19-7-6-18(13-16(19)3)32(29,30)25-11-10-24-21-14-22(27-17(4)26-21)28-20-12-15(2)8-9-23-20/h6-9,12-14,25H,5,10-11H2,1-4H3,(H2,23,24,26,27,28). The Morgan fingerprint density at radius 1 is 0.938 bits per heavy atom. The predicted molar refractivity (Wildman–Crippen MR) is 125 cm³/mol. The number of hydrogen-bond acceptors (Lipinski definition) is 8. The summed E-state index contributed by atoms with van der Waals surface area (Å²) in [7, 11) is -3.63. The fraction of sp³-hybridized carbons (Fsp3) is 0.318. The van der Waals surface area contributed by atoms with E-state index in [1.54, 1.807) is 37.4 Å². The van der Waals surface area contributed by atoms with E-state index in [2.05, 4.69) is 30.3 Å². The van der Waals surface area contributed by atoms with Gasteiger partial charge in [0, 0.05) is 25.4 Å². The van der Waals surface area contributed by atoms with Gasteiger partial charge in [-0.05, 0) is 69.2 Å². The van der Waals surface area contributed by atoms with Gasteiger partial charge < -0.3 is 15.4 Å². The lowest BCUT2D eigenvalue weighted by atomic mass is 10.2. The third-order valence-electron chi connectivity index (χ3n) is 4.49. The molecule has 0 spiro atoms. The molecule has 0 saturated carbocycles. The SMILES string of the molecule is CCOc1ccc(S(=O)(=O)NCCNc2cc(Nc3cc(C)ccn3)nc(C)n2)cc1C. The Labute approximate surface area is 188 Å². The zero-order valence-electron chi connectivity index (χ0n) is 18.6. The van der Waals surface area contributed by atoms with E-state index in [0.717, 1.165) is 11.1 Å². The molecule has 0 unspecified atom stereocenters. The molecule has 1 aromatic carbocycles. The van der Waals surface area contributed by atoms with Crippen molar-refractivity contribution in [1.82, 2.24) is 19.7 Å². The molecule has 0 aliphatic heterocycles. The molecule has 3 N–H and O–H groups in total. The Bertz CT molecular complexity index is 1180. The normalized spacial score (nSPS) is 11.2. The van der Waals surface area contributed by atoms with Crippen molar-refractivity contribution >= 4 is 27.5 Å². The van der Waals surface area contributed by atoms with Crippen LogP contribution in [0.4, 0.5) is 17.5 Å². The number of anilines is 3. The summed E-state index contributed by atoms with van der Waals surface area (Å²) in [6.07, 6.45) is 1.73. The molecule has 9 nitrogen and oxygen atoms in total. The minimum atomic E-state index is -3.63. The highest BCUT2D eigenvalue weighted by Gasteiger charge is 2.15. The fourth-order valence-corrected chi connectivity index (χ4v) is 4.14. The molecular weight excluding hydrogens is 428 g/mol. The van der Waals surface area contributed by atoms with Crippen LogP contribution in [0.1, 0.15) is 23.9 Å². The molecular formula is C22H28N6O3S. The molecule has 0 aliphatic carbocycles. The number of ether oxygens (including phenoxy) is 1. The van der Waals surface area contributed by atoms with Crippen molar-refractivity contribution in [1.29, 1.82) is 0 Å². The van der Waals surface area contributed by atoms with Crippen molar-refractivity contribution in [2.75, 3.05) is 30.3 Å². The first-order valence-corrected chi connectivity index (χ1v) is 11.8. The van der Waals surface area contributed by atoms with Crippen LogP contribution in [0.25, 0.3) is 0 Å². The number of aromatic nitrogens is 3. The van der Waals surface area contributed by atoms with Gasteiger partial charge in [-0.15, -0.1) is 0 Å². The molecule has 32 heavy (non-hydrogen) atoms. The lowest BCUT2D eigenvalue weighted by molar-refractivity contribution is 0.337. The minimum absolute atomic E-state index is 0.194. The van der Waals surface area contributed by atoms with Gasteiger partial charge in [-0.1, -0.05) is 0 Å². The van der Waals surface area contributed by atoms with Gasteiger partial charge in [0.25, 0.3) is 0 Å². The van der Waals surface area contributed by atoms with E-state index in [4.69, 9.17) is 4.74 Å². The Morgan fingerprint density at radius 3 is 2.44 bits per heavy atom. The van der Waals surface area contributed by atoms with Crippen molar-refractivity contribution in [2.24, 2.45) is 0 Å². The second-order valence-corrected chi connectivity index (χ2v) is 8.98. The van der Waals surface area contributed by atoms with Gasteiger partial charge in [0.15, 0.2) is 0 Å². The number of rotatable bonds is 10. The van der Waals surface area contributed by atoms with Gasteiger partial charge in [0.2, 0.25) is 10.0 Å². The van der Waals surface area contributed by atoms with E-state index in [1.807, 2.05) is 32.9 Å². The summed E-state index contributed by atoms with van der Waals surface area (Å²) in [6, 6.07) is 10.4. The van der Waals surface area contributed by atoms with Gasteiger partial charge in [-0.3, -0.25) is 0 Å². The average molecular weight is 457 g/mol. The van der Waals surface area contributed by atoms with Crippen LogP contribution in [0, 0.1) is 20.8 Å². The molecule has 0 bridgehead atoms. The van der Waals surface area contributed by atoms with Crippen LogP contribution in [0.5, 0.6) is 5.75 Å². The second kappa shape index (κ2) is 10.4. The summed E-state index contributed by atoms with van der Waals surface area (Å²) in [6.45, 7) is 8.56. The lowest BCUT2D eigenvalue weighted by Crippen LogP contribution is -2.29. The van der Waals surface area contributed by atoms with E-state index >= 15 is 0 Å². The number of aryl methyl sites for hydroxylation is 3. The summed E-state index contributed by atoms with van der Waals surface area (Å²) in [5, 5.41) is 6.28. The first kappa shape index (κ1) is 23.4. The molecule has 2 aromatic heterocycles. The Kier molecular flexibility index (Phi) is 7.60. The van der Waals surface area contributed by atoms with Crippen molar-refractivity contribution in [3.05, 3.63) is 59.5 Å². The van der Waals surface area contributed by atoms with E-state index in [0.29, 0.717) is 42.2 Å². The average Bonchev–Trinajstić information content (AvgIpc) is 2.72. The van der Waals surface area contributed by atoms with Gasteiger partial charge in [-0.2, -0.15) is 0 Å². The Balaban J connectivity index is 1.58. The number of nitrogens with one attached hydrogen (secondary N) is 3. The third-order valence-corrected chi connectivity index (χ3v) is 5.95. The van der Waals surface area contributed by atoms with Crippen LogP contribution in [-0.2, 0) is 10.0 Å². The molecule has 10 heteroatoms. The van der Waals surface area contributed by atoms with Gasteiger partial charge in [0.05, 0.1) is 11.5 Å². The third kappa shape index (κ3) is 6.38. The maximum atomic E-state index is 12.6. The molecule has 3 aromatic rings. The van der Waals surface area contributed by atoms with Crippen molar-refractivity contribution in [2.45, 2.75) is 32.6 Å². The number of benzene rings is 1. The van der Waals surface area contributed by atoms with E-state index in [-0.39, 0.29) is 11.4 Å². The largest absolute Gasteiger partial charge is 0.494 e. The van der Waals surface area contributed by atoms with Crippen LogP contribution in [-0.4, -0.2) is 43.1 Å². The van der Waals surface area contributed by atoms with Crippen LogP contribution < -0.4 is 20.1 Å². The smallest absolute Gasteiger partial charge is 0.240 e. The van der Waals surface area contributed by atoms with Crippen LogP contribution >= 0.6 is 0 Å². The first-order chi connectivity index (χ1) is 15.3. The maximum absolute atomic E-state index is 12.6. The minimum Gasteiger partial charge on any atom is -0.494 e. The summed E-state index contributed by atoms with van der Waals surface area (Å²) < 4.78 is 33.2. The van der Waals surface area contributed by atoms with Gasteiger partial charge in [-0.25, -0.2) is 28.1 Å². The van der Waals surface area contributed by atoms with E-state index in [1.165, 1.54) is 0 Å². The zero-order chi connectivity index (χ0) is 23.1. The highest BCUT2D eigenvalue weighted by molar-refractivity contribution is 7.89. The van der Waals surface area contributed by atoms with Crippen molar-refractivity contribution in [3.8, 4) is 5.75 Å². The van der Waals surface area contributed by atoms with Crippen LogP contribution in [0.15, 0.2) is 47.5 Å². The molecule has 0 fully saturated rings. The molecule has 0 aliphatic rings. The highest BCUT2D eigenvalue weighted by atomic mass is 32.2. The van der Waals surface area contributed by atoms with E-state index < -0.39 is 10.0 Å². The summed E-state index contributed by atoms with van der Waals surface area (Å²) >= 11 is 0. The summed E-state index contributed by atoms with van der Waals surface area (Å²) in [5.41, 5.74) is 1.86. The van der Waals surface area contributed by atoms with Gasteiger partial charge in [0.1, 0.15) is 29.0 Å². The second-order valence-electron chi connectivity index (χ2n) is 7.21. The predicted octanol–water partition coefficient (Wildman–Crippen LogP) is 3.33. The fourth-order valence-electron chi connectivity index (χ4n) is 3.02. The van der Waals surface area contributed by atoms with Crippen molar-refractivity contribution < 1.29 is 13.2 Å². The maximum Gasteiger partial charge on any atom is 0.240 e. The highest BCUT2D eigenvalue weighted by Crippen LogP contribution is 2.21. The van der Waals surface area contributed by atoms with Crippen molar-refractivity contribution in [3.63, 3.8) is 0 Å². The number of nitrogens with zero attached hydrogens (tertiary/aromatic N) is 3. The quantitative estimate of drug-likeness (QED) is 0.398. The summed E-state index contributed by atoms with van der Waals surface area (Å²) in [4.78, 5) is 13.2. The van der Waals surface area contributed by atoms with E-state index in [9.17, 15) is 8.42 Å². The number of hydrogen-bond donors (Lipinski definition) is 3. The van der Waals surface area contributed by atoms with Crippen LogP contribution in [0.2, 0.25) is 0 Å². The molecule has 0 atom stereocenters. The number of sulfonamides is 1. The lowest BCUT2D eigenvalue weighted by Gasteiger charge is -2.12. The molecule has 0 radical (unpaired) electrons. The number of pyridine rings is 1. The zero-order valence-corrected chi connectivity index (χ0v) is 19.5. The molecule has 3 rings (SSSR count). The molecule has 170 valence electrons. The first-order valence-electron chi connectivity index (χ1n) is 10.3. The molecule has 0 amide bonds. The molecule has 2 heterocycles.